The summed E-state index contributed by atoms with van der Waals surface area (Å²) in [6.07, 6.45) is 6.49. The Hall–Kier alpha value is -3.35. The van der Waals surface area contributed by atoms with E-state index in [1.807, 2.05) is 55.5 Å². The molecule has 2 N–H and O–H groups in total. The van der Waals surface area contributed by atoms with Crippen molar-refractivity contribution in [2.75, 3.05) is 11.9 Å². The second kappa shape index (κ2) is 16.0. The maximum atomic E-state index is 14.0. The van der Waals surface area contributed by atoms with Gasteiger partial charge in [0, 0.05) is 12.2 Å². The molecule has 2 rings (SSSR count). The zero-order valence-corrected chi connectivity index (χ0v) is 25.5. The Morgan fingerprint density at radius 1 is 0.900 bits per heavy atom. The van der Waals surface area contributed by atoms with Crippen LogP contribution in [0.2, 0.25) is 0 Å². The fourth-order valence-corrected chi connectivity index (χ4v) is 4.55. The van der Waals surface area contributed by atoms with E-state index in [0.29, 0.717) is 12.2 Å². The molecule has 0 saturated heterocycles. The van der Waals surface area contributed by atoms with Crippen molar-refractivity contribution >= 4 is 23.6 Å². The molecule has 2 aromatic rings. The maximum absolute atomic E-state index is 14.0. The molecule has 0 radical (unpaired) electrons. The van der Waals surface area contributed by atoms with Gasteiger partial charge >= 0.3 is 6.09 Å². The highest BCUT2D eigenvalue weighted by molar-refractivity contribution is 5.99. The van der Waals surface area contributed by atoms with Crippen molar-refractivity contribution < 1.29 is 19.1 Å². The van der Waals surface area contributed by atoms with E-state index in [4.69, 9.17) is 4.74 Å². The summed E-state index contributed by atoms with van der Waals surface area (Å²) in [5.41, 5.74) is 2.82. The minimum absolute atomic E-state index is 0.289. The number of carbonyl (C=O) groups is 3. The van der Waals surface area contributed by atoms with Crippen molar-refractivity contribution in [3.05, 3.63) is 65.2 Å². The molecule has 7 heteroatoms. The van der Waals surface area contributed by atoms with Gasteiger partial charge in [-0.25, -0.2) is 4.79 Å². The zero-order valence-electron chi connectivity index (χ0n) is 25.5. The van der Waals surface area contributed by atoms with E-state index < -0.39 is 23.8 Å². The topological polar surface area (TPSA) is 87.7 Å². The van der Waals surface area contributed by atoms with Crippen LogP contribution < -0.4 is 10.6 Å². The number of anilines is 1. The number of hydrogen-bond donors (Lipinski definition) is 2. The standard InChI is InChI=1S/C33H49N3O4/c1-8-10-11-12-13-16-23-36(31(38)25(4)34-32(39)40-33(5,6)7)29(27-21-19-26(9-2)20-22-27)30(37)35-28-18-15-14-17-24(28)3/h14-15,17-22,25,29H,8-13,16,23H2,1-7H3,(H,34,39)(H,35,37). The number of nitrogens with zero attached hydrogens (tertiary/aromatic N) is 1. The van der Waals surface area contributed by atoms with Gasteiger partial charge in [0.2, 0.25) is 5.91 Å². The highest BCUT2D eigenvalue weighted by Gasteiger charge is 2.34. The molecule has 0 aliphatic rings. The van der Waals surface area contributed by atoms with Crippen LogP contribution in [-0.2, 0) is 20.7 Å². The number of aryl methyl sites for hydroxylation is 2. The Morgan fingerprint density at radius 3 is 2.12 bits per heavy atom. The number of alkyl carbamates (subject to hydrolysis) is 1. The molecule has 0 aliphatic carbocycles. The van der Waals surface area contributed by atoms with Crippen LogP contribution >= 0.6 is 0 Å². The monoisotopic (exact) mass is 551 g/mol. The maximum Gasteiger partial charge on any atom is 0.408 e. The third-order valence-corrected chi connectivity index (χ3v) is 6.81. The Morgan fingerprint density at radius 2 is 1.52 bits per heavy atom. The zero-order chi connectivity index (χ0) is 29.7. The van der Waals surface area contributed by atoms with E-state index in [1.165, 1.54) is 6.42 Å². The number of amides is 3. The van der Waals surface area contributed by atoms with E-state index in [9.17, 15) is 14.4 Å². The molecule has 2 atom stereocenters. The lowest BCUT2D eigenvalue weighted by Crippen LogP contribution is -2.51. The number of benzene rings is 2. The second-order valence-corrected chi connectivity index (χ2v) is 11.5. The molecule has 2 aromatic carbocycles. The van der Waals surface area contributed by atoms with Crippen LogP contribution in [0.25, 0.3) is 0 Å². The van der Waals surface area contributed by atoms with Crippen molar-refractivity contribution in [1.29, 1.82) is 0 Å². The third-order valence-electron chi connectivity index (χ3n) is 6.81. The highest BCUT2D eigenvalue weighted by atomic mass is 16.6. The van der Waals surface area contributed by atoms with Crippen molar-refractivity contribution in [1.82, 2.24) is 10.2 Å². The van der Waals surface area contributed by atoms with Crippen molar-refractivity contribution in [3.8, 4) is 0 Å². The molecule has 0 aliphatic heterocycles. The first-order valence-electron chi connectivity index (χ1n) is 14.7. The summed E-state index contributed by atoms with van der Waals surface area (Å²) in [5.74, 6) is -0.619. The van der Waals surface area contributed by atoms with Gasteiger partial charge in [0.1, 0.15) is 17.7 Å². The molecular formula is C33H49N3O4. The first kappa shape index (κ1) is 32.9. The molecule has 0 bridgehead atoms. The molecule has 0 fully saturated rings. The van der Waals surface area contributed by atoms with Gasteiger partial charge in [-0.1, -0.05) is 88.4 Å². The minimum Gasteiger partial charge on any atom is -0.444 e. The van der Waals surface area contributed by atoms with Gasteiger partial charge in [0.15, 0.2) is 0 Å². The first-order valence-corrected chi connectivity index (χ1v) is 14.7. The van der Waals surface area contributed by atoms with Crippen molar-refractivity contribution in [2.24, 2.45) is 0 Å². The number of rotatable bonds is 14. The van der Waals surface area contributed by atoms with E-state index in [-0.39, 0.29) is 11.8 Å². The van der Waals surface area contributed by atoms with Crippen LogP contribution in [-0.4, -0.2) is 41.0 Å². The second-order valence-electron chi connectivity index (χ2n) is 11.5. The van der Waals surface area contributed by atoms with Gasteiger partial charge < -0.3 is 20.3 Å². The smallest absolute Gasteiger partial charge is 0.408 e. The molecule has 220 valence electrons. The fraction of sp³-hybridized carbons (Fsp3) is 0.545. The summed E-state index contributed by atoms with van der Waals surface area (Å²) in [5, 5.41) is 5.73. The molecular weight excluding hydrogens is 502 g/mol. The minimum atomic E-state index is -0.876. The molecule has 7 nitrogen and oxygen atoms in total. The van der Waals surface area contributed by atoms with Gasteiger partial charge in [-0.05, 0) is 70.2 Å². The van der Waals surface area contributed by atoms with E-state index in [1.54, 1.807) is 32.6 Å². The van der Waals surface area contributed by atoms with Crippen LogP contribution in [0.3, 0.4) is 0 Å². The highest BCUT2D eigenvalue weighted by Crippen LogP contribution is 2.27. The van der Waals surface area contributed by atoms with Gasteiger partial charge in [-0.3, -0.25) is 9.59 Å². The van der Waals surface area contributed by atoms with Crippen LogP contribution in [0.5, 0.6) is 0 Å². The summed E-state index contributed by atoms with van der Waals surface area (Å²) in [4.78, 5) is 42.0. The van der Waals surface area contributed by atoms with Crippen LogP contribution in [0, 0.1) is 6.92 Å². The van der Waals surface area contributed by atoms with Crippen LogP contribution in [0.4, 0.5) is 10.5 Å². The average Bonchev–Trinajstić information content (AvgIpc) is 2.89. The molecule has 0 saturated carbocycles. The summed E-state index contributed by atoms with van der Waals surface area (Å²) in [6.45, 7) is 13.6. The van der Waals surface area contributed by atoms with E-state index >= 15 is 0 Å². The number of nitrogens with one attached hydrogen (secondary N) is 2. The van der Waals surface area contributed by atoms with Crippen molar-refractivity contribution in [2.45, 2.75) is 111 Å². The lowest BCUT2D eigenvalue weighted by molar-refractivity contribution is -0.140. The summed E-state index contributed by atoms with van der Waals surface area (Å²) in [7, 11) is 0. The van der Waals surface area contributed by atoms with E-state index in [2.05, 4.69) is 24.5 Å². The SMILES string of the molecule is CCCCCCCCN(C(=O)C(C)NC(=O)OC(C)(C)C)C(C(=O)Nc1ccccc1C)c1ccc(CC)cc1. The molecule has 0 heterocycles. The average molecular weight is 552 g/mol. The summed E-state index contributed by atoms with van der Waals surface area (Å²) < 4.78 is 5.38. The Kier molecular flexibility index (Phi) is 13.2. The largest absolute Gasteiger partial charge is 0.444 e. The van der Waals surface area contributed by atoms with Gasteiger partial charge in [-0.15, -0.1) is 0 Å². The molecule has 2 unspecified atom stereocenters. The predicted molar refractivity (Wildman–Crippen MR) is 162 cm³/mol. The number of unbranched alkanes of at least 4 members (excludes halogenated alkanes) is 5. The number of hydrogen-bond acceptors (Lipinski definition) is 4. The van der Waals surface area contributed by atoms with Crippen LogP contribution in [0.1, 0.15) is 103 Å². The fourth-order valence-electron chi connectivity index (χ4n) is 4.55. The normalized spacial score (nSPS) is 12.8. The molecule has 3 amide bonds. The summed E-state index contributed by atoms with van der Waals surface area (Å²) >= 11 is 0. The van der Waals surface area contributed by atoms with E-state index in [0.717, 1.165) is 55.2 Å². The van der Waals surface area contributed by atoms with Crippen LogP contribution in [0.15, 0.2) is 48.5 Å². The van der Waals surface area contributed by atoms with Gasteiger partial charge in [-0.2, -0.15) is 0 Å². The Labute approximate surface area is 241 Å². The Balaban J connectivity index is 2.41. The number of carbonyl (C=O) groups excluding carboxylic acids is 3. The van der Waals surface area contributed by atoms with Crippen molar-refractivity contribution in [3.63, 3.8) is 0 Å². The quantitative estimate of drug-likeness (QED) is 0.241. The Bertz CT molecular complexity index is 1090. The summed E-state index contributed by atoms with van der Waals surface area (Å²) in [6, 6.07) is 13.7. The number of ether oxygens (including phenoxy) is 1. The van der Waals surface area contributed by atoms with Gasteiger partial charge in [0.05, 0.1) is 0 Å². The number of para-hydroxylation sites is 1. The molecule has 0 spiro atoms. The first-order chi connectivity index (χ1) is 19.0. The lowest BCUT2D eigenvalue weighted by Gasteiger charge is -2.34. The molecule has 0 aromatic heterocycles. The third kappa shape index (κ3) is 10.7. The van der Waals surface area contributed by atoms with Gasteiger partial charge in [0.25, 0.3) is 5.91 Å². The predicted octanol–water partition coefficient (Wildman–Crippen LogP) is 7.34. The molecule has 40 heavy (non-hydrogen) atoms. The lowest BCUT2D eigenvalue weighted by atomic mass is 9.99.